The molecular formula is C12H17ClN2O3S. The highest BCUT2D eigenvalue weighted by atomic mass is 35.7. The molecule has 7 heteroatoms. The minimum atomic E-state index is -3.80. The van der Waals surface area contributed by atoms with Crippen LogP contribution in [-0.2, 0) is 15.6 Å². The van der Waals surface area contributed by atoms with Crippen molar-refractivity contribution in [3.63, 3.8) is 0 Å². The zero-order valence-electron chi connectivity index (χ0n) is 11.0. The first-order valence-electron chi connectivity index (χ1n) is 6.23. The Balaban J connectivity index is 2.26. The summed E-state index contributed by atoms with van der Waals surface area (Å²) in [5.41, 5.74) is 0.366. The zero-order valence-corrected chi connectivity index (χ0v) is 12.5. The molecule has 0 saturated heterocycles. The second-order valence-electron chi connectivity index (χ2n) is 4.91. The van der Waals surface area contributed by atoms with Crippen LogP contribution >= 0.6 is 10.7 Å². The highest BCUT2D eigenvalue weighted by Crippen LogP contribution is 2.30. The summed E-state index contributed by atoms with van der Waals surface area (Å²) in [6, 6.07) is 1.34. The molecule has 1 aliphatic rings. The van der Waals surface area contributed by atoms with Gasteiger partial charge in [0, 0.05) is 37.0 Å². The Morgan fingerprint density at radius 3 is 2.63 bits per heavy atom. The molecule has 0 N–H and O–H groups in total. The van der Waals surface area contributed by atoms with Crippen molar-refractivity contribution >= 4 is 25.6 Å². The van der Waals surface area contributed by atoms with E-state index in [0.29, 0.717) is 18.2 Å². The minimum Gasteiger partial charge on any atom is -0.342 e. The van der Waals surface area contributed by atoms with Crippen molar-refractivity contribution in [2.24, 2.45) is 5.92 Å². The number of nitrogens with zero attached hydrogens (tertiary/aromatic N) is 2. The molecule has 0 radical (unpaired) electrons. The number of carbonyl (C=O) groups is 1. The van der Waals surface area contributed by atoms with Gasteiger partial charge in [-0.3, -0.25) is 4.79 Å². The van der Waals surface area contributed by atoms with E-state index < -0.39 is 9.05 Å². The predicted molar refractivity (Wildman–Crippen MR) is 72.8 cm³/mol. The van der Waals surface area contributed by atoms with E-state index in [1.54, 1.807) is 16.5 Å². The third kappa shape index (κ3) is 3.30. The fourth-order valence-electron chi connectivity index (χ4n) is 2.02. The van der Waals surface area contributed by atoms with Crippen molar-refractivity contribution < 1.29 is 13.2 Å². The molecule has 5 nitrogen and oxygen atoms in total. The Morgan fingerprint density at radius 1 is 1.53 bits per heavy atom. The van der Waals surface area contributed by atoms with Crippen LogP contribution in [0.5, 0.6) is 0 Å². The van der Waals surface area contributed by atoms with Gasteiger partial charge in [-0.05, 0) is 31.7 Å². The topological polar surface area (TPSA) is 59.4 Å². The SMILES string of the molecule is CCn1cc(S(=O)(=O)Cl)cc1C(=O)N(C)CC1CC1. The molecule has 0 aromatic carbocycles. The fraction of sp³-hybridized carbons (Fsp3) is 0.583. The number of aromatic nitrogens is 1. The predicted octanol–water partition coefficient (Wildman–Crippen LogP) is 1.92. The summed E-state index contributed by atoms with van der Waals surface area (Å²) < 4.78 is 24.3. The summed E-state index contributed by atoms with van der Waals surface area (Å²) >= 11 is 0. The monoisotopic (exact) mass is 304 g/mol. The highest BCUT2D eigenvalue weighted by molar-refractivity contribution is 8.13. The number of hydrogen-bond donors (Lipinski definition) is 0. The number of halogens is 1. The number of amides is 1. The van der Waals surface area contributed by atoms with Crippen LogP contribution in [0.15, 0.2) is 17.2 Å². The lowest BCUT2D eigenvalue weighted by atomic mass is 10.3. The molecule has 0 atom stereocenters. The first-order valence-corrected chi connectivity index (χ1v) is 8.54. The van der Waals surface area contributed by atoms with E-state index in [2.05, 4.69) is 0 Å². The van der Waals surface area contributed by atoms with Crippen molar-refractivity contribution in [3.05, 3.63) is 18.0 Å². The van der Waals surface area contributed by atoms with E-state index in [-0.39, 0.29) is 10.8 Å². The lowest BCUT2D eigenvalue weighted by molar-refractivity contribution is 0.0778. The molecule has 1 saturated carbocycles. The van der Waals surface area contributed by atoms with Gasteiger partial charge in [0.1, 0.15) is 10.6 Å². The van der Waals surface area contributed by atoms with Gasteiger partial charge < -0.3 is 9.47 Å². The smallest absolute Gasteiger partial charge is 0.270 e. The van der Waals surface area contributed by atoms with Gasteiger partial charge in [-0.2, -0.15) is 0 Å². The Labute approximate surface area is 117 Å². The normalized spacial score (nSPS) is 15.5. The molecule has 1 amide bonds. The van der Waals surface area contributed by atoms with E-state index in [1.165, 1.54) is 12.3 Å². The van der Waals surface area contributed by atoms with Gasteiger partial charge >= 0.3 is 0 Å². The Kier molecular flexibility index (Phi) is 3.92. The van der Waals surface area contributed by atoms with Gasteiger partial charge in [-0.25, -0.2) is 8.42 Å². The first-order chi connectivity index (χ1) is 8.82. The summed E-state index contributed by atoms with van der Waals surface area (Å²) in [7, 11) is 3.25. The standard InChI is InChI=1S/C12H17ClN2O3S/c1-3-15-8-10(19(13,17)18)6-11(15)12(16)14(2)7-9-4-5-9/h6,8-9H,3-5,7H2,1-2H3. The van der Waals surface area contributed by atoms with E-state index in [0.717, 1.165) is 19.4 Å². The molecule has 1 aromatic heterocycles. The van der Waals surface area contributed by atoms with Crippen LogP contribution in [0.2, 0.25) is 0 Å². The summed E-state index contributed by atoms with van der Waals surface area (Å²) in [4.78, 5) is 13.9. The largest absolute Gasteiger partial charge is 0.342 e. The maximum absolute atomic E-state index is 12.3. The molecule has 1 aromatic rings. The van der Waals surface area contributed by atoms with E-state index in [1.807, 2.05) is 6.92 Å². The van der Waals surface area contributed by atoms with Crippen LogP contribution in [0.25, 0.3) is 0 Å². The average molecular weight is 305 g/mol. The number of hydrogen-bond acceptors (Lipinski definition) is 3. The lowest BCUT2D eigenvalue weighted by Gasteiger charge is -2.17. The van der Waals surface area contributed by atoms with Gasteiger partial charge in [-0.1, -0.05) is 0 Å². The molecule has 0 bridgehead atoms. The Hall–Kier alpha value is -1.01. The maximum Gasteiger partial charge on any atom is 0.270 e. The Morgan fingerprint density at radius 2 is 2.16 bits per heavy atom. The number of rotatable bonds is 5. The molecule has 106 valence electrons. The van der Waals surface area contributed by atoms with Gasteiger partial charge in [0.05, 0.1) is 0 Å². The molecule has 0 unspecified atom stereocenters. The molecule has 1 fully saturated rings. The fourth-order valence-corrected chi connectivity index (χ4v) is 2.78. The first kappa shape index (κ1) is 14.4. The Bertz CT molecular complexity index is 590. The molecule has 2 rings (SSSR count). The number of carbonyl (C=O) groups excluding carboxylic acids is 1. The molecule has 19 heavy (non-hydrogen) atoms. The van der Waals surface area contributed by atoms with Crippen molar-refractivity contribution in [2.75, 3.05) is 13.6 Å². The summed E-state index contributed by atoms with van der Waals surface area (Å²) in [5, 5.41) is 0. The number of aryl methyl sites for hydroxylation is 1. The zero-order chi connectivity index (χ0) is 14.2. The van der Waals surface area contributed by atoms with Crippen molar-refractivity contribution in [3.8, 4) is 0 Å². The van der Waals surface area contributed by atoms with E-state index >= 15 is 0 Å². The minimum absolute atomic E-state index is 0.0285. The van der Waals surface area contributed by atoms with Crippen LogP contribution in [0, 0.1) is 5.92 Å². The summed E-state index contributed by atoms with van der Waals surface area (Å²) in [6.45, 7) is 3.09. The van der Waals surface area contributed by atoms with E-state index in [9.17, 15) is 13.2 Å². The molecule has 0 aliphatic heterocycles. The lowest BCUT2D eigenvalue weighted by Crippen LogP contribution is -2.30. The maximum atomic E-state index is 12.3. The van der Waals surface area contributed by atoms with Crippen LogP contribution in [0.3, 0.4) is 0 Å². The summed E-state index contributed by atoms with van der Waals surface area (Å²) in [6.07, 6.45) is 3.72. The molecular weight excluding hydrogens is 288 g/mol. The molecule has 1 heterocycles. The van der Waals surface area contributed by atoms with Crippen molar-refractivity contribution in [1.82, 2.24) is 9.47 Å². The van der Waals surface area contributed by atoms with Crippen LogP contribution < -0.4 is 0 Å². The second-order valence-corrected chi connectivity index (χ2v) is 7.48. The quantitative estimate of drug-likeness (QED) is 0.781. The van der Waals surface area contributed by atoms with Gasteiger partial charge in [-0.15, -0.1) is 0 Å². The van der Waals surface area contributed by atoms with Crippen molar-refractivity contribution in [1.29, 1.82) is 0 Å². The third-order valence-electron chi connectivity index (χ3n) is 3.29. The van der Waals surface area contributed by atoms with Gasteiger partial charge in [0.15, 0.2) is 0 Å². The third-order valence-corrected chi connectivity index (χ3v) is 4.61. The summed E-state index contributed by atoms with van der Waals surface area (Å²) in [5.74, 6) is 0.426. The van der Waals surface area contributed by atoms with Crippen LogP contribution in [0.1, 0.15) is 30.3 Å². The molecule has 0 spiro atoms. The average Bonchev–Trinajstić information content (AvgIpc) is 3.02. The van der Waals surface area contributed by atoms with Crippen molar-refractivity contribution in [2.45, 2.75) is 31.2 Å². The van der Waals surface area contributed by atoms with E-state index in [4.69, 9.17) is 10.7 Å². The van der Waals surface area contributed by atoms with Crippen LogP contribution in [0.4, 0.5) is 0 Å². The second kappa shape index (κ2) is 5.17. The molecule has 1 aliphatic carbocycles. The van der Waals surface area contributed by atoms with Crippen LogP contribution in [-0.4, -0.2) is 37.4 Å². The highest BCUT2D eigenvalue weighted by Gasteiger charge is 2.27. The van der Waals surface area contributed by atoms with Gasteiger partial charge in [0.25, 0.3) is 15.0 Å². The van der Waals surface area contributed by atoms with Gasteiger partial charge in [0.2, 0.25) is 0 Å².